The summed E-state index contributed by atoms with van der Waals surface area (Å²) >= 11 is 11.2. The molecule has 0 heterocycles. The molecule has 0 saturated carbocycles. The van der Waals surface area contributed by atoms with Crippen LogP contribution < -0.4 is 0 Å². The first-order valence-electron chi connectivity index (χ1n) is 2.96. The van der Waals surface area contributed by atoms with Crippen LogP contribution in [0.2, 0.25) is 10.0 Å². The zero-order valence-corrected chi connectivity index (χ0v) is 7.26. The summed E-state index contributed by atoms with van der Waals surface area (Å²) in [6, 6.07) is 4.14. The molecule has 0 amide bonds. The largest absolute Gasteiger partial charge is 0.372 e. The highest BCUT2D eigenvalue weighted by atomic mass is 35.5. The molecule has 0 aliphatic carbocycles. The van der Waals surface area contributed by atoms with Crippen molar-refractivity contribution >= 4 is 29.2 Å². The lowest BCUT2D eigenvalue weighted by Crippen LogP contribution is -2.00. The Morgan fingerprint density at radius 3 is 2.50 bits per heavy atom. The maximum atomic E-state index is 10.7. The molecule has 12 heavy (non-hydrogen) atoms. The predicted octanol–water partition coefficient (Wildman–Crippen LogP) is 2.62. The molecule has 0 aliphatic heterocycles. The van der Waals surface area contributed by atoms with E-state index < -0.39 is 5.97 Å². The van der Waals surface area contributed by atoms with Gasteiger partial charge in [-0.15, -0.1) is 0 Å². The molecule has 1 aromatic rings. The fourth-order valence-electron chi connectivity index (χ4n) is 0.676. The number of hydrogen-bond acceptors (Lipinski definition) is 3. The molecule has 0 radical (unpaired) electrons. The quantitative estimate of drug-likeness (QED) is 0.568. The zero-order valence-electron chi connectivity index (χ0n) is 5.75. The zero-order chi connectivity index (χ0) is 9.14. The van der Waals surface area contributed by atoms with Crippen molar-refractivity contribution in [3.63, 3.8) is 0 Å². The van der Waals surface area contributed by atoms with Gasteiger partial charge in [0.15, 0.2) is 0 Å². The Hall–Kier alpha value is -0.770. The van der Waals surface area contributed by atoms with Crippen molar-refractivity contribution < 1.29 is 14.9 Å². The van der Waals surface area contributed by atoms with E-state index in [1.165, 1.54) is 18.2 Å². The number of benzene rings is 1. The van der Waals surface area contributed by atoms with Gasteiger partial charge in [-0.25, -0.2) is 4.79 Å². The predicted molar refractivity (Wildman–Crippen MR) is 44.5 cm³/mol. The monoisotopic (exact) mass is 206 g/mol. The van der Waals surface area contributed by atoms with Crippen molar-refractivity contribution in [2.24, 2.45) is 0 Å². The fourth-order valence-corrected chi connectivity index (χ4v) is 0.974. The smallest absolute Gasteiger partial charge is 0.296 e. The second-order valence-electron chi connectivity index (χ2n) is 2.01. The van der Waals surface area contributed by atoms with Crippen LogP contribution in [0, 0.1) is 0 Å². The summed E-state index contributed by atoms with van der Waals surface area (Å²) < 4.78 is 0. The lowest BCUT2D eigenvalue weighted by molar-refractivity contribution is -0.182. The standard InChI is InChI=1S/C7H4Cl2O3/c8-5-2-1-4(3-6(5)9)7(10)12-11/h1-3,11H. The first-order valence-corrected chi connectivity index (χ1v) is 3.71. The molecule has 1 aromatic carbocycles. The Bertz CT molecular complexity index is 312. The van der Waals surface area contributed by atoms with E-state index in [0.717, 1.165) is 0 Å². The molecule has 0 bridgehead atoms. The maximum absolute atomic E-state index is 10.7. The third-order valence-corrected chi connectivity index (χ3v) is 1.98. The molecule has 0 unspecified atom stereocenters. The van der Waals surface area contributed by atoms with Crippen molar-refractivity contribution in [2.75, 3.05) is 0 Å². The van der Waals surface area contributed by atoms with Crippen LogP contribution in [-0.2, 0) is 4.89 Å². The Morgan fingerprint density at radius 1 is 1.33 bits per heavy atom. The first-order chi connectivity index (χ1) is 5.65. The molecule has 0 aromatic heterocycles. The van der Waals surface area contributed by atoms with E-state index in [9.17, 15) is 4.79 Å². The van der Waals surface area contributed by atoms with Crippen molar-refractivity contribution in [1.82, 2.24) is 0 Å². The van der Waals surface area contributed by atoms with E-state index in [0.29, 0.717) is 5.02 Å². The Balaban J connectivity index is 3.05. The van der Waals surface area contributed by atoms with Crippen LogP contribution in [0.15, 0.2) is 18.2 Å². The molecule has 0 spiro atoms. The minimum absolute atomic E-state index is 0.145. The van der Waals surface area contributed by atoms with Gasteiger partial charge < -0.3 is 0 Å². The summed E-state index contributed by atoms with van der Waals surface area (Å²) in [6.45, 7) is 0. The maximum Gasteiger partial charge on any atom is 0.372 e. The summed E-state index contributed by atoms with van der Waals surface area (Å²) in [7, 11) is 0. The third-order valence-electron chi connectivity index (χ3n) is 1.24. The molecular weight excluding hydrogens is 203 g/mol. The van der Waals surface area contributed by atoms with Gasteiger partial charge in [0.2, 0.25) is 0 Å². The third kappa shape index (κ3) is 1.88. The van der Waals surface area contributed by atoms with E-state index in [1.807, 2.05) is 0 Å². The second-order valence-corrected chi connectivity index (χ2v) is 2.82. The number of carbonyl (C=O) groups is 1. The lowest BCUT2D eigenvalue weighted by Gasteiger charge is -1.98. The Kier molecular flexibility index (Phi) is 2.92. The van der Waals surface area contributed by atoms with Crippen molar-refractivity contribution in [1.29, 1.82) is 0 Å². The topological polar surface area (TPSA) is 46.5 Å². The van der Waals surface area contributed by atoms with Gasteiger partial charge in [-0.05, 0) is 18.2 Å². The molecule has 0 saturated heterocycles. The SMILES string of the molecule is O=C(OO)c1ccc(Cl)c(Cl)c1. The lowest BCUT2D eigenvalue weighted by atomic mass is 10.2. The van der Waals surface area contributed by atoms with E-state index in [4.69, 9.17) is 28.5 Å². The molecule has 1 rings (SSSR count). The highest BCUT2D eigenvalue weighted by Gasteiger charge is 2.08. The second kappa shape index (κ2) is 3.76. The van der Waals surface area contributed by atoms with E-state index >= 15 is 0 Å². The van der Waals surface area contributed by atoms with Gasteiger partial charge in [0.05, 0.1) is 15.6 Å². The molecule has 64 valence electrons. The summed E-state index contributed by atoms with van der Waals surface area (Å²) in [5.41, 5.74) is 0.145. The van der Waals surface area contributed by atoms with Crippen LogP contribution in [0.3, 0.4) is 0 Å². The van der Waals surface area contributed by atoms with Crippen LogP contribution in [-0.4, -0.2) is 11.2 Å². The normalized spacial score (nSPS) is 9.58. The number of halogens is 2. The molecular formula is C7H4Cl2O3. The van der Waals surface area contributed by atoms with E-state index in [2.05, 4.69) is 4.89 Å². The highest BCUT2D eigenvalue weighted by Crippen LogP contribution is 2.22. The molecule has 0 aliphatic rings. The Morgan fingerprint density at radius 2 is 2.00 bits per heavy atom. The number of hydrogen-bond donors (Lipinski definition) is 1. The van der Waals surface area contributed by atoms with E-state index in [-0.39, 0.29) is 10.6 Å². The summed E-state index contributed by atoms with van der Waals surface area (Å²) in [4.78, 5) is 14.2. The minimum Gasteiger partial charge on any atom is -0.296 e. The molecule has 1 N–H and O–H groups in total. The Labute approximate surface area is 78.4 Å². The van der Waals surface area contributed by atoms with E-state index in [1.54, 1.807) is 0 Å². The van der Waals surface area contributed by atoms with Crippen molar-refractivity contribution in [3.05, 3.63) is 33.8 Å². The minimum atomic E-state index is -0.867. The van der Waals surface area contributed by atoms with Crippen LogP contribution in [0.1, 0.15) is 10.4 Å². The molecule has 0 atom stereocenters. The van der Waals surface area contributed by atoms with Crippen LogP contribution in [0.25, 0.3) is 0 Å². The number of carbonyl (C=O) groups excluding carboxylic acids is 1. The molecule has 0 fully saturated rings. The van der Waals surface area contributed by atoms with Crippen LogP contribution in [0.5, 0.6) is 0 Å². The van der Waals surface area contributed by atoms with Crippen molar-refractivity contribution in [2.45, 2.75) is 0 Å². The van der Waals surface area contributed by atoms with Gasteiger partial charge in [0.25, 0.3) is 0 Å². The van der Waals surface area contributed by atoms with Crippen molar-refractivity contribution in [3.8, 4) is 0 Å². The number of rotatable bonds is 1. The van der Waals surface area contributed by atoms with Crippen LogP contribution in [0.4, 0.5) is 0 Å². The van der Waals surface area contributed by atoms with Gasteiger partial charge in [-0.1, -0.05) is 23.2 Å². The average Bonchev–Trinajstić information content (AvgIpc) is 2.08. The van der Waals surface area contributed by atoms with Gasteiger partial charge in [0.1, 0.15) is 0 Å². The first kappa shape index (κ1) is 9.32. The highest BCUT2D eigenvalue weighted by molar-refractivity contribution is 6.42. The average molecular weight is 207 g/mol. The molecule has 5 heteroatoms. The van der Waals surface area contributed by atoms with Gasteiger partial charge in [-0.3, -0.25) is 4.89 Å². The van der Waals surface area contributed by atoms with Gasteiger partial charge >= 0.3 is 5.97 Å². The van der Waals surface area contributed by atoms with Gasteiger partial charge in [0, 0.05) is 0 Å². The van der Waals surface area contributed by atoms with Gasteiger partial charge in [-0.2, -0.15) is 5.26 Å². The summed E-state index contributed by atoms with van der Waals surface area (Å²) in [5.74, 6) is -0.867. The van der Waals surface area contributed by atoms with Crippen LogP contribution >= 0.6 is 23.2 Å². The fraction of sp³-hybridized carbons (Fsp3) is 0. The summed E-state index contributed by atoms with van der Waals surface area (Å²) in [6.07, 6.45) is 0. The summed E-state index contributed by atoms with van der Waals surface area (Å²) in [5, 5.41) is 8.60. The molecule has 3 nitrogen and oxygen atoms in total.